The van der Waals surface area contributed by atoms with E-state index in [0.717, 1.165) is 20.8 Å². The number of halogens is 1. The fraction of sp³-hybridized carbons (Fsp3) is 0.0741. The second kappa shape index (κ2) is 10.8. The molecule has 0 heterocycles. The van der Waals surface area contributed by atoms with Gasteiger partial charge < -0.3 is 14.6 Å². The minimum atomic E-state index is -0.979. The number of amides is 1. The Labute approximate surface area is 210 Å². The summed E-state index contributed by atoms with van der Waals surface area (Å²) in [6.07, 6.45) is 1.50. The van der Waals surface area contributed by atoms with Crippen molar-refractivity contribution in [1.82, 2.24) is 5.43 Å². The second-order valence-corrected chi connectivity index (χ2v) is 8.49. The van der Waals surface area contributed by atoms with E-state index in [0.29, 0.717) is 22.6 Å². The van der Waals surface area contributed by atoms with Crippen molar-refractivity contribution < 1.29 is 24.2 Å². The molecule has 0 bridgehead atoms. The molecule has 0 aliphatic carbocycles. The zero-order valence-electron chi connectivity index (χ0n) is 18.7. The van der Waals surface area contributed by atoms with E-state index in [1.54, 1.807) is 24.3 Å². The maximum Gasteiger partial charge on any atom is 0.335 e. The van der Waals surface area contributed by atoms with Crippen molar-refractivity contribution in [2.45, 2.75) is 6.61 Å². The first-order chi connectivity index (χ1) is 16.9. The third-order valence-corrected chi connectivity index (χ3v) is 5.74. The number of fused-ring (bicyclic) bond motifs is 1. The van der Waals surface area contributed by atoms with Crippen LogP contribution >= 0.6 is 15.9 Å². The molecule has 0 unspecified atom stereocenters. The van der Waals surface area contributed by atoms with Crippen LogP contribution in [0.3, 0.4) is 0 Å². The number of methoxy groups -OCH3 is 1. The number of carbonyl (C=O) groups is 2. The molecule has 0 radical (unpaired) electrons. The highest BCUT2D eigenvalue weighted by Crippen LogP contribution is 2.26. The highest BCUT2D eigenvalue weighted by Gasteiger charge is 2.13. The quantitative estimate of drug-likeness (QED) is 0.225. The number of rotatable bonds is 8. The summed E-state index contributed by atoms with van der Waals surface area (Å²) in [4.78, 5) is 23.8. The Morgan fingerprint density at radius 1 is 0.971 bits per heavy atom. The lowest BCUT2D eigenvalue weighted by atomic mass is 10.1. The zero-order chi connectivity index (χ0) is 24.8. The molecule has 8 heteroatoms. The van der Waals surface area contributed by atoms with E-state index < -0.39 is 11.9 Å². The molecule has 0 saturated heterocycles. The van der Waals surface area contributed by atoms with Crippen LogP contribution in [0.25, 0.3) is 10.8 Å². The average molecular weight is 533 g/mol. The molecule has 35 heavy (non-hydrogen) atoms. The van der Waals surface area contributed by atoms with Crippen LogP contribution in [-0.2, 0) is 6.61 Å². The molecule has 0 atom stereocenters. The van der Waals surface area contributed by atoms with E-state index in [1.165, 1.54) is 25.5 Å². The van der Waals surface area contributed by atoms with Gasteiger partial charge in [-0.3, -0.25) is 4.79 Å². The molecule has 2 N–H and O–H groups in total. The van der Waals surface area contributed by atoms with Gasteiger partial charge >= 0.3 is 5.97 Å². The molecule has 0 fully saturated rings. The number of carbonyl (C=O) groups excluding carboxylic acids is 1. The minimum Gasteiger partial charge on any atom is -0.496 e. The third kappa shape index (κ3) is 5.85. The Hall–Kier alpha value is -4.17. The molecule has 0 aliphatic rings. The van der Waals surface area contributed by atoms with E-state index >= 15 is 0 Å². The number of ether oxygens (including phenoxy) is 2. The average Bonchev–Trinajstić information content (AvgIpc) is 2.87. The van der Waals surface area contributed by atoms with Gasteiger partial charge in [0.05, 0.1) is 24.5 Å². The van der Waals surface area contributed by atoms with Crippen molar-refractivity contribution in [3.8, 4) is 11.5 Å². The van der Waals surface area contributed by atoms with Gasteiger partial charge in [-0.05, 0) is 58.8 Å². The van der Waals surface area contributed by atoms with E-state index in [-0.39, 0.29) is 12.2 Å². The zero-order valence-corrected chi connectivity index (χ0v) is 20.3. The first-order valence-electron chi connectivity index (χ1n) is 10.6. The molecule has 4 aromatic rings. The van der Waals surface area contributed by atoms with E-state index in [4.69, 9.17) is 14.6 Å². The summed E-state index contributed by atoms with van der Waals surface area (Å²) in [7, 11) is 1.52. The molecular weight excluding hydrogens is 512 g/mol. The van der Waals surface area contributed by atoms with Crippen LogP contribution in [0, 0.1) is 0 Å². The molecule has 176 valence electrons. The molecule has 0 spiro atoms. The number of nitrogens with one attached hydrogen (secondary N) is 1. The van der Waals surface area contributed by atoms with Gasteiger partial charge in [-0.15, -0.1) is 0 Å². The van der Waals surface area contributed by atoms with Crippen molar-refractivity contribution in [1.29, 1.82) is 0 Å². The number of nitrogens with zero attached hydrogens (tertiary/aromatic N) is 1. The topological polar surface area (TPSA) is 97.2 Å². The molecule has 4 aromatic carbocycles. The van der Waals surface area contributed by atoms with Gasteiger partial charge in [0, 0.05) is 10.0 Å². The predicted octanol–water partition coefficient (Wildman–Crippen LogP) is 5.65. The first kappa shape index (κ1) is 24.0. The molecule has 1 amide bonds. The normalized spacial score (nSPS) is 10.9. The molecule has 0 aliphatic heterocycles. The van der Waals surface area contributed by atoms with E-state index in [2.05, 4.69) is 26.5 Å². The lowest BCUT2D eigenvalue weighted by molar-refractivity contribution is 0.0696. The van der Waals surface area contributed by atoms with Crippen LogP contribution in [0.4, 0.5) is 0 Å². The number of hydrogen-bond acceptors (Lipinski definition) is 5. The summed E-state index contributed by atoms with van der Waals surface area (Å²) in [5.41, 5.74) is 4.60. The van der Waals surface area contributed by atoms with Crippen LogP contribution in [0.1, 0.15) is 31.8 Å². The maximum absolute atomic E-state index is 12.8. The van der Waals surface area contributed by atoms with Crippen molar-refractivity contribution >= 4 is 44.8 Å². The molecule has 0 saturated carbocycles. The summed E-state index contributed by atoms with van der Waals surface area (Å²) < 4.78 is 12.1. The minimum absolute atomic E-state index is 0.212. The highest BCUT2D eigenvalue weighted by atomic mass is 79.9. The Morgan fingerprint density at radius 2 is 1.69 bits per heavy atom. The Morgan fingerprint density at radius 3 is 2.37 bits per heavy atom. The number of carboxylic acids is 1. The second-order valence-electron chi connectivity index (χ2n) is 7.57. The summed E-state index contributed by atoms with van der Waals surface area (Å²) >= 11 is 3.44. The van der Waals surface area contributed by atoms with Crippen LogP contribution in [-0.4, -0.2) is 30.3 Å². The Balaban J connectivity index is 1.48. The van der Waals surface area contributed by atoms with Gasteiger partial charge in [-0.1, -0.05) is 52.3 Å². The van der Waals surface area contributed by atoms with E-state index in [1.807, 2.05) is 42.5 Å². The standard InChI is InChI=1S/C27H21BrN2O5/c1-34-25-14-20-5-3-2-4-19(20)13-23(25)26(31)30-29-15-21-12-22(28)10-11-24(21)35-16-17-6-8-18(9-7-17)27(32)33/h2-15H,16H2,1H3,(H,30,31)(H,32,33)/b29-15-. The fourth-order valence-electron chi connectivity index (χ4n) is 3.44. The maximum atomic E-state index is 12.8. The SMILES string of the molecule is COc1cc2ccccc2cc1C(=O)N/N=C\c1cc(Br)ccc1OCc1ccc(C(=O)O)cc1. The molecular formula is C27H21BrN2O5. The first-order valence-corrected chi connectivity index (χ1v) is 11.4. The van der Waals surface area contributed by atoms with E-state index in [9.17, 15) is 9.59 Å². The van der Waals surface area contributed by atoms with Crippen molar-refractivity contribution in [2.24, 2.45) is 5.10 Å². The number of carboxylic acid groups (broad SMARTS) is 1. The fourth-order valence-corrected chi connectivity index (χ4v) is 3.82. The molecule has 4 rings (SSSR count). The van der Waals surface area contributed by atoms with Crippen molar-refractivity contribution in [3.05, 3.63) is 106 Å². The van der Waals surface area contributed by atoms with Gasteiger partial charge in [0.25, 0.3) is 5.91 Å². The van der Waals surface area contributed by atoms with Crippen LogP contribution < -0.4 is 14.9 Å². The number of benzene rings is 4. The largest absolute Gasteiger partial charge is 0.496 e. The lowest BCUT2D eigenvalue weighted by Crippen LogP contribution is -2.18. The molecule has 7 nitrogen and oxygen atoms in total. The number of aromatic carboxylic acids is 1. The van der Waals surface area contributed by atoms with Gasteiger partial charge in [0.2, 0.25) is 0 Å². The van der Waals surface area contributed by atoms with Gasteiger partial charge in [-0.25, -0.2) is 10.2 Å². The predicted molar refractivity (Wildman–Crippen MR) is 137 cm³/mol. The molecule has 0 aromatic heterocycles. The van der Waals surface area contributed by atoms with Crippen molar-refractivity contribution in [2.75, 3.05) is 7.11 Å². The summed E-state index contributed by atoms with van der Waals surface area (Å²) in [5, 5.41) is 15.0. The van der Waals surface area contributed by atoms with Gasteiger partial charge in [-0.2, -0.15) is 5.10 Å². The number of hydrazone groups is 1. The summed E-state index contributed by atoms with van der Waals surface area (Å²) in [5.74, 6) is -0.374. The van der Waals surface area contributed by atoms with Gasteiger partial charge in [0.15, 0.2) is 0 Å². The lowest BCUT2D eigenvalue weighted by Gasteiger charge is -2.11. The van der Waals surface area contributed by atoms with Crippen LogP contribution in [0.2, 0.25) is 0 Å². The third-order valence-electron chi connectivity index (χ3n) is 5.25. The van der Waals surface area contributed by atoms with Crippen LogP contribution in [0.5, 0.6) is 11.5 Å². The summed E-state index contributed by atoms with van der Waals surface area (Å²) in [6, 6.07) is 23.2. The number of hydrogen-bond donors (Lipinski definition) is 2. The van der Waals surface area contributed by atoms with Gasteiger partial charge in [0.1, 0.15) is 18.1 Å². The van der Waals surface area contributed by atoms with Crippen LogP contribution in [0.15, 0.2) is 88.4 Å². The smallest absolute Gasteiger partial charge is 0.335 e. The Bertz CT molecular complexity index is 1420. The highest BCUT2D eigenvalue weighted by molar-refractivity contribution is 9.10. The monoisotopic (exact) mass is 532 g/mol. The summed E-state index contributed by atoms with van der Waals surface area (Å²) in [6.45, 7) is 0.239. The van der Waals surface area contributed by atoms with Crippen molar-refractivity contribution in [3.63, 3.8) is 0 Å². The Kier molecular flexibility index (Phi) is 7.42.